The monoisotopic (exact) mass is 486 g/mol. The number of carbonyl (C=O) groups is 1. The van der Waals surface area contributed by atoms with E-state index >= 15 is 0 Å². The number of rotatable bonds is 7. The van der Waals surface area contributed by atoms with E-state index in [1.165, 1.54) is 0 Å². The van der Waals surface area contributed by atoms with Gasteiger partial charge in [0.1, 0.15) is 0 Å². The number of hydrogen-bond acceptors (Lipinski definition) is 5. The number of halogens is 3. The van der Waals surface area contributed by atoms with E-state index in [4.69, 9.17) is 11.6 Å². The Kier molecular flexibility index (Phi) is 7.13. The first-order chi connectivity index (χ1) is 11.8. The summed E-state index contributed by atoms with van der Waals surface area (Å²) in [6.45, 7) is 0.181. The normalized spacial score (nSPS) is 11.9. The zero-order chi connectivity index (χ0) is 18.4. The number of likely N-dealkylation sites (N-methyl/N-ethyl adjacent to an activating group) is 1. The molecule has 0 saturated heterocycles. The van der Waals surface area contributed by atoms with E-state index in [-0.39, 0.29) is 12.3 Å². The van der Waals surface area contributed by atoms with Crippen LogP contribution in [0.15, 0.2) is 58.8 Å². The van der Waals surface area contributed by atoms with E-state index in [2.05, 4.69) is 47.4 Å². The van der Waals surface area contributed by atoms with Gasteiger partial charge in [-0.3, -0.25) is 9.69 Å². The minimum atomic E-state index is -0.875. The summed E-state index contributed by atoms with van der Waals surface area (Å²) in [7, 11) is 3.61. The van der Waals surface area contributed by atoms with Crippen molar-refractivity contribution in [2.45, 2.75) is 3.36 Å². The van der Waals surface area contributed by atoms with Crippen LogP contribution in [0.4, 0.5) is 17.1 Å². The topological polar surface area (TPSA) is 57.1 Å². The molecule has 0 aliphatic carbocycles. The van der Waals surface area contributed by atoms with E-state index < -0.39 is 3.36 Å². The predicted octanol–water partition coefficient (Wildman–Crippen LogP) is 5.74. The van der Waals surface area contributed by atoms with E-state index in [9.17, 15) is 4.79 Å². The predicted molar refractivity (Wildman–Crippen MR) is 110 cm³/mol. The summed E-state index contributed by atoms with van der Waals surface area (Å²) in [6, 6.07) is 14.5. The minimum Gasteiger partial charge on any atom is -0.378 e. The molecule has 2 aromatic carbocycles. The molecule has 2 aromatic rings. The van der Waals surface area contributed by atoms with Crippen LogP contribution in [0.2, 0.25) is 5.02 Å². The average molecular weight is 489 g/mol. The molecule has 0 aromatic heterocycles. The lowest BCUT2D eigenvalue weighted by atomic mass is 10.2. The van der Waals surface area contributed by atoms with Crippen molar-refractivity contribution >= 4 is 66.3 Å². The maximum atomic E-state index is 12.2. The van der Waals surface area contributed by atoms with Gasteiger partial charge in [-0.25, -0.2) is 0 Å². The molecule has 1 N–H and O–H groups in total. The standard InChI is InChI=1S/C17H17Br2ClN4O/c1-24(2)17(18,19)16(25)11-21-13-7-9-15(10-8-13)23-22-14-5-3-12(20)4-6-14/h3-10,21H,11H2,1-2H3/b23-22+. The van der Waals surface area contributed by atoms with Crippen LogP contribution in [-0.4, -0.2) is 34.7 Å². The number of nitrogens with one attached hydrogen (secondary N) is 1. The molecular weight excluding hydrogens is 471 g/mol. The first kappa shape index (κ1) is 20.0. The first-order valence-corrected chi connectivity index (χ1v) is 9.35. The van der Waals surface area contributed by atoms with Crippen LogP contribution >= 0.6 is 43.5 Å². The van der Waals surface area contributed by atoms with Crippen LogP contribution in [0, 0.1) is 0 Å². The van der Waals surface area contributed by atoms with Gasteiger partial charge >= 0.3 is 0 Å². The summed E-state index contributed by atoms with van der Waals surface area (Å²) in [5.74, 6) is -0.0380. The lowest BCUT2D eigenvalue weighted by Gasteiger charge is -2.26. The highest BCUT2D eigenvalue weighted by Crippen LogP contribution is 2.29. The Morgan fingerprint density at radius 3 is 2.00 bits per heavy atom. The van der Waals surface area contributed by atoms with Gasteiger partial charge in [-0.2, -0.15) is 10.2 Å². The number of alkyl halides is 2. The molecular formula is C17H17Br2ClN4O. The second-order valence-corrected chi connectivity index (χ2v) is 9.23. The van der Waals surface area contributed by atoms with Crippen molar-refractivity contribution in [2.75, 3.05) is 26.0 Å². The maximum absolute atomic E-state index is 12.2. The third kappa shape index (κ3) is 5.88. The number of ketones is 1. The van der Waals surface area contributed by atoms with Gasteiger partial charge in [0.2, 0.25) is 0 Å². The molecule has 25 heavy (non-hydrogen) atoms. The fraction of sp³-hybridized carbons (Fsp3) is 0.235. The first-order valence-electron chi connectivity index (χ1n) is 7.39. The number of anilines is 1. The van der Waals surface area contributed by atoms with Gasteiger partial charge in [-0.05, 0) is 94.5 Å². The molecule has 0 heterocycles. The Hall–Kier alpha value is -1.28. The Morgan fingerprint density at radius 1 is 1.04 bits per heavy atom. The number of Topliss-reactive ketones (excluding diaryl/α,β-unsaturated/α-hetero) is 1. The zero-order valence-corrected chi connectivity index (χ0v) is 17.6. The van der Waals surface area contributed by atoms with Gasteiger partial charge < -0.3 is 5.32 Å². The van der Waals surface area contributed by atoms with Gasteiger partial charge in [0.05, 0.1) is 17.9 Å². The lowest BCUT2D eigenvalue weighted by Crippen LogP contribution is -2.42. The summed E-state index contributed by atoms with van der Waals surface area (Å²) in [4.78, 5) is 13.9. The summed E-state index contributed by atoms with van der Waals surface area (Å²) in [5.41, 5.74) is 2.27. The summed E-state index contributed by atoms with van der Waals surface area (Å²) >= 11 is 12.6. The summed E-state index contributed by atoms with van der Waals surface area (Å²) in [6.07, 6.45) is 0. The van der Waals surface area contributed by atoms with Crippen LogP contribution in [0.1, 0.15) is 0 Å². The van der Waals surface area contributed by atoms with E-state index in [0.29, 0.717) is 5.02 Å². The highest BCUT2D eigenvalue weighted by atomic mass is 79.9. The molecule has 0 amide bonds. The number of hydrogen-bond donors (Lipinski definition) is 1. The van der Waals surface area contributed by atoms with Crippen LogP contribution in [-0.2, 0) is 4.79 Å². The van der Waals surface area contributed by atoms with Crippen molar-refractivity contribution in [3.8, 4) is 0 Å². The molecule has 0 atom stereocenters. The number of nitrogens with zero attached hydrogens (tertiary/aromatic N) is 3. The molecule has 0 aliphatic rings. The van der Waals surface area contributed by atoms with Crippen molar-refractivity contribution in [3.63, 3.8) is 0 Å². The third-order valence-electron chi connectivity index (χ3n) is 3.33. The molecule has 8 heteroatoms. The van der Waals surface area contributed by atoms with E-state index in [1.807, 2.05) is 38.4 Å². The molecule has 0 fully saturated rings. The summed E-state index contributed by atoms with van der Waals surface area (Å²) < 4.78 is -0.875. The van der Waals surface area contributed by atoms with Gasteiger partial charge in [-0.15, -0.1) is 0 Å². The molecule has 0 radical (unpaired) electrons. The second-order valence-electron chi connectivity index (χ2n) is 5.44. The van der Waals surface area contributed by atoms with Gasteiger partial charge in [0, 0.05) is 10.7 Å². The van der Waals surface area contributed by atoms with Gasteiger partial charge in [0.25, 0.3) is 0 Å². The second kappa shape index (κ2) is 8.89. The van der Waals surface area contributed by atoms with Crippen molar-refractivity contribution in [1.82, 2.24) is 4.90 Å². The number of azo groups is 1. The van der Waals surface area contributed by atoms with Gasteiger partial charge in [-0.1, -0.05) is 11.6 Å². The fourth-order valence-corrected chi connectivity index (χ4v) is 2.21. The van der Waals surface area contributed by atoms with Crippen LogP contribution in [0.3, 0.4) is 0 Å². The molecule has 0 bridgehead atoms. The maximum Gasteiger partial charge on any atom is 0.193 e. The Balaban J connectivity index is 1.93. The van der Waals surface area contributed by atoms with Crippen molar-refractivity contribution in [3.05, 3.63) is 53.6 Å². The Morgan fingerprint density at radius 2 is 1.52 bits per heavy atom. The van der Waals surface area contributed by atoms with Crippen LogP contribution in [0.5, 0.6) is 0 Å². The van der Waals surface area contributed by atoms with E-state index in [0.717, 1.165) is 17.1 Å². The van der Waals surface area contributed by atoms with E-state index in [1.54, 1.807) is 29.2 Å². The molecule has 0 unspecified atom stereocenters. The number of carbonyl (C=O) groups excluding carboxylic acids is 1. The largest absolute Gasteiger partial charge is 0.378 e. The summed E-state index contributed by atoms with van der Waals surface area (Å²) in [5, 5.41) is 12.1. The number of benzene rings is 2. The third-order valence-corrected chi connectivity index (χ3v) is 5.88. The zero-order valence-electron chi connectivity index (χ0n) is 13.7. The lowest BCUT2D eigenvalue weighted by molar-refractivity contribution is -0.119. The average Bonchev–Trinajstić information content (AvgIpc) is 2.59. The van der Waals surface area contributed by atoms with Crippen LogP contribution in [0.25, 0.3) is 0 Å². The molecule has 0 aliphatic heterocycles. The van der Waals surface area contributed by atoms with Crippen LogP contribution < -0.4 is 5.32 Å². The molecule has 0 spiro atoms. The fourth-order valence-electron chi connectivity index (χ4n) is 1.81. The van der Waals surface area contributed by atoms with Crippen molar-refractivity contribution in [1.29, 1.82) is 0 Å². The smallest absolute Gasteiger partial charge is 0.193 e. The highest BCUT2D eigenvalue weighted by Gasteiger charge is 2.33. The molecule has 2 rings (SSSR count). The van der Waals surface area contributed by atoms with Crippen molar-refractivity contribution in [2.24, 2.45) is 10.2 Å². The highest BCUT2D eigenvalue weighted by molar-refractivity contribution is 9.25. The SMILES string of the molecule is CN(C)C(Br)(Br)C(=O)CNc1ccc(/N=N/c2ccc(Cl)cc2)cc1. The molecule has 0 saturated carbocycles. The van der Waals surface area contributed by atoms with Crippen molar-refractivity contribution < 1.29 is 4.79 Å². The Bertz CT molecular complexity index is 746. The minimum absolute atomic E-state index is 0.0380. The Labute approximate surface area is 168 Å². The van der Waals surface area contributed by atoms with Gasteiger partial charge in [0.15, 0.2) is 9.14 Å². The molecule has 132 valence electrons. The molecule has 5 nitrogen and oxygen atoms in total. The quantitative estimate of drug-likeness (QED) is 0.307.